The number of hydrogen-bond donors (Lipinski definition) is 2. The summed E-state index contributed by atoms with van der Waals surface area (Å²) in [5, 5.41) is 2.83. The van der Waals surface area contributed by atoms with Crippen molar-refractivity contribution in [1.82, 2.24) is 9.97 Å². The number of nitrogens with one attached hydrogen (secondary N) is 1. The van der Waals surface area contributed by atoms with E-state index in [1.165, 1.54) is 0 Å². The number of rotatable bonds is 6. The van der Waals surface area contributed by atoms with Gasteiger partial charge in [-0.1, -0.05) is 42.5 Å². The Kier molecular flexibility index (Phi) is 7.67. The van der Waals surface area contributed by atoms with Crippen LogP contribution in [0.3, 0.4) is 0 Å². The minimum atomic E-state index is -0.617. The summed E-state index contributed by atoms with van der Waals surface area (Å²) in [6.07, 6.45) is 11.2. The van der Waals surface area contributed by atoms with Gasteiger partial charge in [0.2, 0.25) is 5.91 Å². The molecular weight excluding hydrogens is 360 g/mol. The summed E-state index contributed by atoms with van der Waals surface area (Å²) in [5.41, 5.74) is 9.59. The molecule has 3 N–H and O–H groups in total. The molecule has 1 aromatic carbocycles. The van der Waals surface area contributed by atoms with Crippen LogP contribution in [-0.2, 0) is 11.2 Å². The van der Waals surface area contributed by atoms with Crippen molar-refractivity contribution in [3.8, 4) is 0 Å². The fraction of sp³-hybridized carbons (Fsp3) is 0.0952. The molecule has 0 unspecified atom stereocenters. The van der Waals surface area contributed by atoms with E-state index in [-0.39, 0.29) is 18.3 Å². The van der Waals surface area contributed by atoms with Gasteiger partial charge in [-0.2, -0.15) is 0 Å². The van der Waals surface area contributed by atoms with Gasteiger partial charge in [0.25, 0.3) is 0 Å². The van der Waals surface area contributed by atoms with Crippen LogP contribution in [0.1, 0.15) is 16.7 Å². The standard InChI is InChI=1S/C21H20N4O.ClH/c22-20(13-17-4-2-1-3-5-17)21(26)25-19-12-18(14-24-15-19)7-6-16-8-10-23-11-9-16;/h1-12,14-15,20H,13,22H2,(H,25,26);1H/b7-6+;/t20-;/m0./s1. The van der Waals surface area contributed by atoms with E-state index < -0.39 is 6.04 Å². The Balaban J connectivity index is 0.00000261. The summed E-state index contributed by atoms with van der Waals surface area (Å²) >= 11 is 0. The number of anilines is 1. The molecule has 138 valence electrons. The van der Waals surface area contributed by atoms with Crippen molar-refractivity contribution in [3.63, 3.8) is 0 Å². The second kappa shape index (κ2) is 10.2. The number of nitrogens with two attached hydrogens (primary N) is 1. The monoisotopic (exact) mass is 380 g/mol. The van der Waals surface area contributed by atoms with Gasteiger partial charge in [-0.05, 0) is 41.3 Å². The number of aromatic nitrogens is 2. The highest BCUT2D eigenvalue weighted by Gasteiger charge is 2.14. The summed E-state index contributed by atoms with van der Waals surface area (Å²) in [6, 6.07) is 14.8. The smallest absolute Gasteiger partial charge is 0.241 e. The third kappa shape index (κ3) is 6.33. The Morgan fingerprint density at radius 3 is 2.44 bits per heavy atom. The first-order valence-electron chi connectivity index (χ1n) is 8.34. The summed E-state index contributed by atoms with van der Waals surface area (Å²) in [5.74, 6) is -0.231. The molecule has 3 aromatic rings. The van der Waals surface area contributed by atoms with Crippen molar-refractivity contribution in [2.24, 2.45) is 5.73 Å². The van der Waals surface area contributed by atoms with Gasteiger partial charge in [0.05, 0.1) is 17.9 Å². The van der Waals surface area contributed by atoms with Gasteiger partial charge in [0.15, 0.2) is 0 Å². The predicted octanol–water partition coefficient (Wildman–Crippen LogP) is 3.58. The van der Waals surface area contributed by atoms with Crippen LogP contribution in [0.2, 0.25) is 0 Å². The molecule has 0 aliphatic carbocycles. The maximum Gasteiger partial charge on any atom is 0.241 e. The molecular formula is C21H21ClN4O. The van der Waals surface area contributed by atoms with E-state index >= 15 is 0 Å². The molecule has 0 aliphatic heterocycles. The van der Waals surface area contributed by atoms with Gasteiger partial charge in [0, 0.05) is 18.6 Å². The average molecular weight is 381 g/mol. The molecule has 0 aliphatic rings. The van der Waals surface area contributed by atoms with Crippen molar-refractivity contribution in [2.45, 2.75) is 12.5 Å². The molecule has 5 nitrogen and oxygen atoms in total. The normalized spacial score (nSPS) is 11.6. The first-order valence-corrected chi connectivity index (χ1v) is 8.34. The van der Waals surface area contributed by atoms with Crippen molar-refractivity contribution >= 4 is 36.2 Å². The van der Waals surface area contributed by atoms with Gasteiger partial charge >= 0.3 is 0 Å². The minimum Gasteiger partial charge on any atom is -0.323 e. The van der Waals surface area contributed by atoms with Crippen molar-refractivity contribution in [2.75, 3.05) is 5.32 Å². The summed E-state index contributed by atoms with van der Waals surface area (Å²) in [6.45, 7) is 0. The lowest BCUT2D eigenvalue weighted by molar-refractivity contribution is -0.117. The highest BCUT2D eigenvalue weighted by Crippen LogP contribution is 2.13. The Labute approximate surface area is 164 Å². The average Bonchev–Trinajstić information content (AvgIpc) is 2.68. The Bertz CT molecular complexity index is 885. The van der Waals surface area contributed by atoms with Gasteiger partial charge in [0.1, 0.15) is 0 Å². The summed E-state index contributed by atoms with van der Waals surface area (Å²) < 4.78 is 0. The van der Waals surface area contributed by atoms with Gasteiger partial charge in [-0.15, -0.1) is 12.4 Å². The zero-order chi connectivity index (χ0) is 18.2. The quantitative estimate of drug-likeness (QED) is 0.684. The number of nitrogens with zero attached hydrogens (tertiary/aromatic N) is 2. The van der Waals surface area contributed by atoms with Gasteiger partial charge < -0.3 is 11.1 Å². The Morgan fingerprint density at radius 1 is 1.00 bits per heavy atom. The first kappa shape index (κ1) is 20.3. The minimum absolute atomic E-state index is 0. The Morgan fingerprint density at radius 2 is 1.70 bits per heavy atom. The molecule has 0 spiro atoms. The second-order valence-electron chi connectivity index (χ2n) is 5.91. The number of pyridine rings is 2. The van der Waals surface area contributed by atoms with Crippen LogP contribution >= 0.6 is 12.4 Å². The van der Waals surface area contributed by atoms with Crippen molar-refractivity contribution in [1.29, 1.82) is 0 Å². The number of carbonyl (C=O) groups excluding carboxylic acids is 1. The van der Waals surface area contributed by atoms with Crippen LogP contribution in [-0.4, -0.2) is 21.9 Å². The molecule has 0 saturated carbocycles. The van der Waals surface area contributed by atoms with E-state index in [1.807, 2.05) is 60.7 Å². The largest absolute Gasteiger partial charge is 0.323 e. The fourth-order valence-corrected chi connectivity index (χ4v) is 2.48. The number of carbonyl (C=O) groups is 1. The lowest BCUT2D eigenvalue weighted by Crippen LogP contribution is -2.37. The molecule has 0 radical (unpaired) electrons. The zero-order valence-corrected chi connectivity index (χ0v) is 15.5. The van der Waals surface area contributed by atoms with Crippen LogP contribution in [0.4, 0.5) is 5.69 Å². The summed E-state index contributed by atoms with van der Waals surface area (Å²) in [4.78, 5) is 20.5. The van der Waals surface area contributed by atoms with E-state index in [1.54, 1.807) is 24.8 Å². The maximum absolute atomic E-state index is 12.3. The number of hydrogen-bond acceptors (Lipinski definition) is 4. The van der Waals surface area contributed by atoms with Crippen LogP contribution in [0.5, 0.6) is 0 Å². The molecule has 0 fully saturated rings. The fourth-order valence-electron chi connectivity index (χ4n) is 2.48. The second-order valence-corrected chi connectivity index (χ2v) is 5.91. The van der Waals surface area contributed by atoms with E-state index in [2.05, 4.69) is 15.3 Å². The molecule has 0 saturated heterocycles. The van der Waals surface area contributed by atoms with Crippen LogP contribution in [0.25, 0.3) is 12.2 Å². The van der Waals surface area contributed by atoms with Crippen LogP contribution in [0.15, 0.2) is 73.3 Å². The van der Waals surface area contributed by atoms with Crippen LogP contribution in [0, 0.1) is 0 Å². The molecule has 1 atom stereocenters. The highest BCUT2D eigenvalue weighted by molar-refractivity contribution is 5.95. The predicted molar refractivity (Wildman–Crippen MR) is 111 cm³/mol. The lowest BCUT2D eigenvalue weighted by atomic mass is 10.1. The SMILES string of the molecule is Cl.N[C@@H](Cc1ccccc1)C(=O)Nc1cncc(/C=C/c2ccncc2)c1. The highest BCUT2D eigenvalue weighted by atomic mass is 35.5. The lowest BCUT2D eigenvalue weighted by Gasteiger charge is -2.12. The van der Waals surface area contributed by atoms with Crippen molar-refractivity contribution < 1.29 is 4.79 Å². The van der Waals surface area contributed by atoms with E-state index in [0.29, 0.717) is 12.1 Å². The number of halogens is 1. The first-order chi connectivity index (χ1) is 12.7. The van der Waals surface area contributed by atoms with E-state index in [0.717, 1.165) is 16.7 Å². The zero-order valence-electron chi connectivity index (χ0n) is 14.7. The molecule has 6 heteroatoms. The molecule has 0 bridgehead atoms. The molecule has 1 amide bonds. The molecule has 2 heterocycles. The topological polar surface area (TPSA) is 80.9 Å². The number of benzene rings is 1. The number of amides is 1. The molecule has 3 rings (SSSR count). The third-order valence-corrected chi connectivity index (χ3v) is 3.84. The third-order valence-electron chi connectivity index (χ3n) is 3.84. The van der Waals surface area contributed by atoms with Gasteiger partial charge in [-0.3, -0.25) is 14.8 Å². The molecule has 2 aromatic heterocycles. The summed E-state index contributed by atoms with van der Waals surface area (Å²) in [7, 11) is 0. The molecule has 27 heavy (non-hydrogen) atoms. The van der Waals surface area contributed by atoms with E-state index in [4.69, 9.17) is 5.73 Å². The Hall–Kier alpha value is -3.02. The van der Waals surface area contributed by atoms with E-state index in [9.17, 15) is 4.79 Å². The maximum atomic E-state index is 12.3. The van der Waals surface area contributed by atoms with Crippen LogP contribution < -0.4 is 11.1 Å². The van der Waals surface area contributed by atoms with Crippen molar-refractivity contribution in [3.05, 3.63) is 90.0 Å². The van der Waals surface area contributed by atoms with Gasteiger partial charge in [-0.25, -0.2) is 0 Å².